The van der Waals surface area contributed by atoms with Crippen LogP contribution < -0.4 is 10.1 Å². The minimum absolute atomic E-state index is 0.0868. The van der Waals surface area contributed by atoms with E-state index in [4.69, 9.17) is 16.3 Å². The molecule has 2 aromatic carbocycles. The molecule has 0 aliphatic rings. The number of nitrogens with zero attached hydrogens (tertiary/aromatic N) is 3. The van der Waals surface area contributed by atoms with Gasteiger partial charge in [-0.05, 0) is 75.6 Å². The number of thioether (sulfide) groups is 1. The number of rotatable bonds is 8. The summed E-state index contributed by atoms with van der Waals surface area (Å²) in [6.07, 6.45) is -0.342. The summed E-state index contributed by atoms with van der Waals surface area (Å²) in [5, 5.41) is 12.8. The summed E-state index contributed by atoms with van der Waals surface area (Å²) in [4.78, 5) is 12.4. The Morgan fingerprint density at radius 2 is 1.94 bits per heavy atom. The van der Waals surface area contributed by atoms with Crippen LogP contribution >= 0.6 is 23.4 Å². The predicted molar refractivity (Wildman–Crippen MR) is 126 cm³/mol. The highest BCUT2D eigenvalue weighted by Crippen LogP contribution is 2.30. The normalized spacial score (nSPS) is 11.9. The molecule has 1 heterocycles. The average molecular weight is 459 g/mol. The van der Waals surface area contributed by atoms with E-state index in [2.05, 4.69) is 15.5 Å². The molecule has 0 aliphatic heterocycles. The van der Waals surface area contributed by atoms with E-state index in [0.717, 1.165) is 16.8 Å². The molecule has 0 spiro atoms. The van der Waals surface area contributed by atoms with Gasteiger partial charge in [-0.2, -0.15) is 0 Å². The highest BCUT2D eigenvalue weighted by atomic mass is 35.5. The van der Waals surface area contributed by atoms with Gasteiger partial charge in [0, 0.05) is 12.2 Å². The molecule has 0 saturated heterocycles. The van der Waals surface area contributed by atoms with Crippen molar-refractivity contribution in [3.05, 3.63) is 63.9 Å². The van der Waals surface area contributed by atoms with E-state index in [-0.39, 0.29) is 17.8 Å². The largest absolute Gasteiger partial charge is 0.481 e. The monoisotopic (exact) mass is 458 g/mol. The predicted octanol–water partition coefficient (Wildman–Crippen LogP) is 5.75. The molecule has 1 unspecified atom stereocenters. The molecule has 1 atom stereocenters. The Labute approximate surface area is 192 Å². The van der Waals surface area contributed by atoms with Gasteiger partial charge in [-0.25, -0.2) is 0 Å². The molecule has 0 radical (unpaired) electrons. The second-order valence-corrected chi connectivity index (χ2v) is 8.76. The van der Waals surface area contributed by atoms with Gasteiger partial charge in [0.05, 0.1) is 10.8 Å². The van der Waals surface area contributed by atoms with Crippen LogP contribution in [-0.2, 0) is 11.3 Å². The minimum Gasteiger partial charge on any atom is -0.481 e. The van der Waals surface area contributed by atoms with Crippen LogP contribution in [0, 0.1) is 20.8 Å². The van der Waals surface area contributed by atoms with Crippen LogP contribution in [0.3, 0.4) is 0 Å². The van der Waals surface area contributed by atoms with E-state index in [1.165, 1.54) is 17.3 Å². The maximum atomic E-state index is 12.4. The van der Waals surface area contributed by atoms with E-state index in [1.807, 2.05) is 75.6 Å². The number of ether oxygens (including phenoxy) is 1. The fraction of sp³-hybridized carbons (Fsp3) is 0.348. The molecule has 3 aromatic rings. The molecule has 0 fully saturated rings. The van der Waals surface area contributed by atoms with Crippen LogP contribution in [0.2, 0.25) is 5.02 Å². The first-order chi connectivity index (χ1) is 14.8. The number of benzene rings is 2. The fourth-order valence-electron chi connectivity index (χ4n) is 3.10. The van der Waals surface area contributed by atoms with Gasteiger partial charge in [0.25, 0.3) is 0 Å². The topological polar surface area (TPSA) is 69.0 Å². The highest BCUT2D eigenvalue weighted by molar-refractivity contribution is 7.99. The number of amides is 1. The molecule has 0 aliphatic carbocycles. The zero-order valence-electron chi connectivity index (χ0n) is 18.4. The number of carbonyl (C=O) groups is 1. The Kier molecular flexibility index (Phi) is 7.62. The van der Waals surface area contributed by atoms with Gasteiger partial charge in [0.1, 0.15) is 5.75 Å². The molecule has 3 rings (SSSR count). The van der Waals surface area contributed by atoms with Crippen LogP contribution in [0.5, 0.6) is 5.75 Å². The first-order valence-electron chi connectivity index (χ1n) is 10.1. The summed E-state index contributed by atoms with van der Waals surface area (Å²) in [6, 6.07) is 11.5. The summed E-state index contributed by atoms with van der Waals surface area (Å²) in [5.41, 5.74) is 4.20. The first-order valence-corrected chi connectivity index (χ1v) is 11.5. The van der Waals surface area contributed by atoms with E-state index >= 15 is 0 Å². The molecular formula is C23H27ClN4O2S. The van der Waals surface area contributed by atoms with Gasteiger partial charge in [-0.3, -0.25) is 4.79 Å². The van der Waals surface area contributed by atoms with E-state index in [9.17, 15) is 4.79 Å². The molecule has 0 saturated carbocycles. The average Bonchev–Trinajstić information content (AvgIpc) is 3.15. The van der Waals surface area contributed by atoms with E-state index in [1.54, 1.807) is 0 Å². The second kappa shape index (κ2) is 10.2. The van der Waals surface area contributed by atoms with Gasteiger partial charge in [-0.1, -0.05) is 35.5 Å². The van der Waals surface area contributed by atoms with Crippen molar-refractivity contribution in [1.29, 1.82) is 0 Å². The zero-order valence-corrected chi connectivity index (χ0v) is 20.0. The summed E-state index contributed by atoms with van der Waals surface area (Å²) in [5.74, 6) is 1.46. The lowest BCUT2D eigenvalue weighted by atomic mass is 10.1. The molecule has 8 heteroatoms. The van der Waals surface area contributed by atoms with Gasteiger partial charge in [0.2, 0.25) is 5.91 Å². The highest BCUT2D eigenvalue weighted by Gasteiger charge is 2.20. The summed E-state index contributed by atoms with van der Waals surface area (Å²) in [6.45, 7) is 10.6. The third-order valence-corrected chi connectivity index (χ3v) is 6.22. The smallest absolute Gasteiger partial charge is 0.234 e. The lowest BCUT2D eigenvalue weighted by molar-refractivity contribution is -0.113. The molecule has 31 heavy (non-hydrogen) atoms. The van der Waals surface area contributed by atoms with Crippen molar-refractivity contribution in [1.82, 2.24) is 14.8 Å². The summed E-state index contributed by atoms with van der Waals surface area (Å²) < 4.78 is 8.01. The quantitative estimate of drug-likeness (QED) is 0.435. The fourth-order valence-corrected chi connectivity index (χ4v) is 4.07. The summed E-state index contributed by atoms with van der Waals surface area (Å²) in [7, 11) is 0. The van der Waals surface area contributed by atoms with E-state index < -0.39 is 0 Å². The van der Waals surface area contributed by atoms with Crippen LogP contribution in [-0.4, -0.2) is 26.4 Å². The van der Waals surface area contributed by atoms with Crippen LogP contribution in [0.15, 0.2) is 41.6 Å². The molecule has 6 nitrogen and oxygen atoms in total. The van der Waals surface area contributed by atoms with Crippen molar-refractivity contribution < 1.29 is 9.53 Å². The van der Waals surface area contributed by atoms with Crippen molar-refractivity contribution in [2.24, 2.45) is 0 Å². The lowest BCUT2D eigenvalue weighted by Gasteiger charge is -2.17. The number of carbonyl (C=O) groups excluding carboxylic acids is 1. The number of anilines is 1. The minimum atomic E-state index is -0.342. The molecule has 1 N–H and O–H groups in total. The number of aromatic nitrogens is 3. The van der Waals surface area contributed by atoms with E-state index in [0.29, 0.717) is 28.3 Å². The van der Waals surface area contributed by atoms with Gasteiger partial charge >= 0.3 is 0 Å². The molecule has 0 bridgehead atoms. The molecular weight excluding hydrogens is 432 g/mol. The van der Waals surface area contributed by atoms with Gasteiger partial charge in [-0.15, -0.1) is 10.2 Å². The van der Waals surface area contributed by atoms with Gasteiger partial charge in [0.15, 0.2) is 17.1 Å². The number of halogens is 1. The number of hydrogen-bond donors (Lipinski definition) is 1. The second-order valence-electron chi connectivity index (χ2n) is 7.41. The van der Waals surface area contributed by atoms with Crippen molar-refractivity contribution in [3.8, 4) is 5.75 Å². The standard InChI is InChI=1S/C23H27ClN4O2S/c1-6-28-22(17(5)30-20-11-14(2)7-10-19(20)24)26-27-23(28)31-13-21(29)25-18-9-8-15(3)16(4)12-18/h7-12,17H,6,13H2,1-5H3,(H,25,29). The van der Waals surface area contributed by atoms with Crippen molar-refractivity contribution in [3.63, 3.8) is 0 Å². The first kappa shape index (κ1) is 23.2. The number of hydrogen-bond acceptors (Lipinski definition) is 5. The zero-order chi connectivity index (χ0) is 22.5. The Morgan fingerprint density at radius 1 is 1.16 bits per heavy atom. The molecule has 164 valence electrons. The Hall–Kier alpha value is -2.51. The maximum absolute atomic E-state index is 12.4. The van der Waals surface area contributed by atoms with Crippen molar-refractivity contribution in [2.45, 2.75) is 52.4 Å². The SMILES string of the molecule is CCn1c(SCC(=O)Nc2ccc(C)c(C)c2)nnc1C(C)Oc1cc(C)ccc1Cl. The molecule has 1 amide bonds. The third-order valence-electron chi connectivity index (χ3n) is 4.94. The lowest BCUT2D eigenvalue weighted by Crippen LogP contribution is -2.15. The van der Waals surface area contributed by atoms with Crippen molar-refractivity contribution in [2.75, 3.05) is 11.1 Å². The van der Waals surface area contributed by atoms with Gasteiger partial charge < -0.3 is 14.6 Å². The molecule has 1 aromatic heterocycles. The Balaban J connectivity index is 1.65. The van der Waals surface area contributed by atoms with Crippen LogP contribution in [0.25, 0.3) is 0 Å². The number of nitrogens with one attached hydrogen (secondary N) is 1. The van der Waals surface area contributed by atoms with Crippen molar-refractivity contribution >= 4 is 35.0 Å². The number of aryl methyl sites for hydroxylation is 3. The van der Waals surface area contributed by atoms with Crippen LogP contribution in [0.4, 0.5) is 5.69 Å². The summed E-state index contributed by atoms with van der Waals surface area (Å²) >= 11 is 7.61. The maximum Gasteiger partial charge on any atom is 0.234 e. The van der Waals surface area contributed by atoms with Crippen LogP contribution in [0.1, 0.15) is 42.5 Å². The third kappa shape index (κ3) is 5.80. The Morgan fingerprint density at radius 3 is 2.65 bits per heavy atom. The Bertz CT molecular complexity index is 1080.